The molecule has 6 heteroatoms. The quantitative estimate of drug-likeness (QED) is 0.740. The lowest BCUT2D eigenvalue weighted by Gasteiger charge is -2.19. The van der Waals surface area contributed by atoms with Crippen LogP contribution in [-0.2, 0) is 11.3 Å². The number of benzene rings is 1. The third-order valence-corrected chi connectivity index (χ3v) is 4.99. The number of hydrogen-bond acceptors (Lipinski definition) is 5. The first-order chi connectivity index (χ1) is 12.8. The number of hydrogen-bond donors (Lipinski definition) is 1. The molecular formula is C20H24N4O2. The summed E-state index contributed by atoms with van der Waals surface area (Å²) in [5.74, 6) is 1.45. The first kappa shape index (κ1) is 17.1. The summed E-state index contributed by atoms with van der Waals surface area (Å²) >= 11 is 0. The molecule has 1 aliphatic carbocycles. The summed E-state index contributed by atoms with van der Waals surface area (Å²) in [6.07, 6.45) is 7.75. The van der Waals surface area contributed by atoms with E-state index < -0.39 is 0 Å². The van der Waals surface area contributed by atoms with Crippen LogP contribution in [0.5, 0.6) is 5.75 Å². The third kappa shape index (κ3) is 4.06. The van der Waals surface area contributed by atoms with Gasteiger partial charge in [0.1, 0.15) is 24.5 Å². The summed E-state index contributed by atoms with van der Waals surface area (Å²) in [4.78, 5) is 0. The molecule has 2 heterocycles. The second-order valence-corrected chi connectivity index (χ2v) is 7.04. The number of ether oxygens (including phenoxy) is 2. The Morgan fingerprint density at radius 2 is 2.19 bits per heavy atom. The molecular weight excluding hydrogens is 328 g/mol. The lowest BCUT2D eigenvalue weighted by atomic mass is 10.1. The van der Waals surface area contributed by atoms with Crippen molar-refractivity contribution < 1.29 is 9.47 Å². The summed E-state index contributed by atoms with van der Waals surface area (Å²) in [7, 11) is 0. The maximum absolute atomic E-state index is 9.10. The fraction of sp³-hybridized carbons (Fsp3) is 0.500. The van der Waals surface area contributed by atoms with Crippen molar-refractivity contribution in [1.82, 2.24) is 15.1 Å². The predicted octanol–water partition coefficient (Wildman–Crippen LogP) is 2.66. The van der Waals surface area contributed by atoms with Crippen LogP contribution in [0.25, 0.3) is 0 Å². The number of para-hydroxylation sites is 1. The highest BCUT2D eigenvalue weighted by Crippen LogP contribution is 2.32. The van der Waals surface area contributed by atoms with Crippen molar-refractivity contribution in [3.05, 3.63) is 47.8 Å². The fourth-order valence-corrected chi connectivity index (χ4v) is 3.41. The first-order valence-electron chi connectivity index (χ1n) is 9.33. The molecule has 0 bridgehead atoms. The van der Waals surface area contributed by atoms with Gasteiger partial charge in [-0.25, -0.2) is 0 Å². The summed E-state index contributed by atoms with van der Waals surface area (Å²) in [5.41, 5.74) is 1.72. The van der Waals surface area contributed by atoms with Crippen LogP contribution in [0.15, 0.2) is 36.7 Å². The van der Waals surface area contributed by atoms with Gasteiger partial charge >= 0.3 is 0 Å². The number of nitrogens with one attached hydrogen (secondary N) is 1. The van der Waals surface area contributed by atoms with Gasteiger partial charge in [-0.3, -0.25) is 4.68 Å². The van der Waals surface area contributed by atoms with Crippen LogP contribution < -0.4 is 10.1 Å². The molecule has 1 aliphatic heterocycles. The summed E-state index contributed by atoms with van der Waals surface area (Å²) < 4.78 is 13.7. The van der Waals surface area contributed by atoms with Gasteiger partial charge in [0.05, 0.1) is 11.8 Å². The molecule has 2 aromatic rings. The Morgan fingerprint density at radius 3 is 3.04 bits per heavy atom. The Labute approximate surface area is 153 Å². The highest BCUT2D eigenvalue weighted by molar-refractivity contribution is 5.42. The zero-order valence-electron chi connectivity index (χ0n) is 14.8. The molecule has 0 spiro atoms. The smallest absolute Gasteiger partial charge is 0.137 e. The van der Waals surface area contributed by atoms with Gasteiger partial charge in [0, 0.05) is 37.5 Å². The molecule has 4 rings (SSSR count). The molecule has 1 aromatic heterocycles. The number of rotatable bonds is 8. The van der Waals surface area contributed by atoms with Crippen molar-refractivity contribution in [3.63, 3.8) is 0 Å². The Morgan fingerprint density at radius 1 is 1.31 bits per heavy atom. The van der Waals surface area contributed by atoms with Crippen molar-refractivity contribution in [2.75, 3.05) is 19.8 Å². The van der Waals surface area contributed by atoms with Gasteiger partial charge in [-0.2, -0.15) is 10.4 Å². The lowest BCUT2D eigenvalue weighted by molar-refractivity contribution is 0.0978. The van der Waals surface area contributed by atoms with Gasteiger partial charge in [-0.05, 0) is 37.3 Å². The monoisotopic (exact) mass is 352 g/mol. The molecule has 0 radical (unpaired) electrons. The highest BCUT2D eigenvalue weighted by Gasteiger charge is 2.30. The minimum absolute atomic E-state index is 0.0503. The van der Waals surface area contributed by atoms with E-state index in [-0.39, 0.29) is 12.1 Å². The molecule has 1 aromatic carbocycles. The van der Waals surface area contributed by atoms with Gasteiger partial charge in [0.15, 0.2) is 0 Å². The molecule has 136 valence electrons. The van der Waals surface area contributed by atoms with Crippen molar-refractivity contribution in [2.24, 2.45) is 5.92 Å². The maximum Gasteiger partial charge on any atom is 0.137 e. The summed E-state index contributed by atoms with van der Waals surface area (Å²) in [6, 6.07) is 9.73. The molecule has 1 saturated heterocycles. The Hall–Kier alpha value is -2.36. The normalized spacial score (nSPS) is 22.3. The lowest BCUT2D eigenvalue weighted by Crippen LogP contribution is -2.34. The minimum Gasteiger partial charge on any atom is -0.491 e. The van der Waals surface area contributed by atoms with Crippen molar-refractivity contribution >= 4 is 0 Å². The zero-order chi connectivity index (χ0) is 17.8. The second-order valence-electron chi connectivity index (χ2n) is 7.04. The molecule has 1 N–H and O–H groups in total. The topological polar surface area (TPSA) is 72.1 Å². The van der Waals surface area contributed by atoms with Gasteiger partial charge in [-0.1, -0.05) is 12.1 Å². The largest absolute Gasteiger partial charge is 0.491 e. The molecule has 2 atom stereocenters. The molecule has 2 aliphatic rings. The molecule has 0 unspecified atom stereocenters. The van der Waals surface area contributed by atoms with Crippen LogP contribution in [0, 0.1) is 17.2 Å². The molecule has 26 heavy (non-hydrogen) atoms. The van der Waals surface area contributed by atoms with Gasteiger partial charge in [0.2, 0.25) is 0 Å². The predicted molar refractivity (Wildman–Crippen MR) is 96.7 cm³/mol. The molecule has 6 nitrogen and oxygen atoms in total. The fourth-order valence-electron chi connectivity index (χ4n) is 3.41. The van der Waals surface area contributed by atoms with Gasteiger partial charge < -0.3 is 14.8 Å². The van der Waals surface area contributed by atoms with E-state index in [0.717, 1.165) is 31.1 Å². The van der Waals surface area contributed by atoms with Gasteiger partial charge in [0.25, 0.3) is 0 Å². The molecule has 1 saturated carbocycles. The van der Waals surface area contributed by atoms with Crippen LogP contribution in [0.2, 0.25) is 0 Å². The average molecular weight is 352 g/mol. The maximum atomic E-state index is 9.10. The van der Waals surface area contributed by atoms with Crippen LogP contribution in [0.1, 0.15) is 36.5 Å². The Kier molecular flexibility index (Phi) is 5.19. The van der Waals surface area contributed by atoms with E-state index in [0.29, 0.717) is 24.5 Å². The third-order valence-electron chi connectivity index (χ3n) is 4.99. The van der Waals surface area contributed by atoms with E-state index in [9.17, 15) is 0 Å². The van der Waals surface area contributed by atoms with Crippen LogP contribution >= 0.6 is 0 Å². The van der Waals surface area contributed by atoms with Crippen molar-refractivity contribution in [1.29, 1.82) is 5.26 Å². The number of nitrogens with zero attached hydrogens (tertiary/aromatic N) is 3. The first-order valence-corrected chi connectivity index (χ1v) is 9.33. The van der Waals surface area contributed by atoms with Crippen LogP contribution in [0.3, 0.4) is 0 Å². The second kappa shape index (κ2) is 7.90. The van der Waals surface area contributed by atoms with E-state index >= 15 is 0 Å². The highest BCUT2D eigenvalue weighted by atomic mass is 16.5. The Bertz CT molecular complexity index is 778. The summed E-state index contributed by atoms with van der Waals surface area (Å²) in [6.45, 7) is 3.01. The minimum atomic E-state index is 0.0503. The van der Waals surface area contributed by atoms with Gasteiger partial charge in [-0.15, -0.1) is 0 Å². The zero-order valence-corrected chi connectivity index (χ0v) is 14.8. The van der Waals surface area contributed by atoms with E-state index in [1.165, 1.54) is 12.8 Å². The number of aromatic nitrogens is 2. The Balaban J connectivity index is 1.27. The number of nitriles is 1. The SMILES string of the molecule is N#Cc1ccccc1OCCN[C@H]1CCO[C@@H]1c1cnn(CC2CC2)c1. The van der Waals surface area contributed by atoms with E-state index in [1.807, 2.05) is 29.1 Å². The van der Waals surface area contributed by atoms with Crippen molar-refractivity contribution in [2.45, 2.75) is 38.0 Å². The van der Waals surface area contributed by atoms with E-state index in [4.69, 9.17) is 14.7 Å². The summed E-state index contributed by atoms with van der Waals surface area (Å²) in [5, 5.41) is 17.1. The standard InChI is InChI=1S/C20H24N4O2/c21-11-16-3-1-2-4-19(16)25-10-8-22-18-7-9-26-20(18)17-12-23-24(14-17)13-15-5-6-15/h1-4,12,14-15,18,20,22H,5-10,13H2/t18-,20+/m0/s1. The molecule has 2 fully saturated rings. The van der Waals surface area contributed by atoms with E-state index in [1.54, 1.807) is 6.07 Å². The average Bonchev–Trinajstić information content (AvgIpc) is 3.16. The van der Waals surface area contributed by atoms with Crippen molar-refractivity contribution in [3.8, 4) is 11.8 Å². The molecule has 0 amide bonds. The van der Waals surface area contributed by atoms with Crippen LogP contribution in [0.4, 0.5) is 0 Å². The van der Waals surface area contributed by atoms with Crippen LogP contribution in [-0.4, -0.2) is 35.6 Å². The van der Waals surface area contributed by atoms with E-state index in [2.05, 4.69) is 22.7 Å².